The molecule has 0 bridgehead atoms. The summed E-state index contributed by atoms with van der Waals surface area (Å²) >= 11 is 3.28. The predicted octanol–water partition coefficient (Wildman–Crippen LogP) is 1.30. The third-order valence-electron chi connectivity index (χ3n) is 3.46. The number of ether oxygens (including phenoxy) is 1. The number of hydrogen-bond acceptors (Lipinski definition) is 4. The Labute approximate surface area is 137 Å². The van der Waals surface area contributed by atoms with E-state index >= 15 is 0 Å². The highest BCUT2D eigenvalue weighted by atomic mass is 79.9. The summed E-state index contributed by atoms with van der Waals surface area (Å²) in [5, 5.41) is 0. The van der Waals surface area contributed by atoms with Crippen molar-refractivity contribution >= 4 is 33.7 Å². The molecule has 1 aromatic carbocycles. The molecule has 1 fully saturated rings. The topological polar surface area (TPSA) is 66.9 Å². The van der Waals surface area contributed by atoms with Gasteiger partial charge in [-0.05, 0) is 18.2 Å². The number of benzene rings is 1. The first-order chi connectivity index (χ1) is 10.5. The summed E-state index contributed by atoms with van der Waals surface area (Å²) in [5.41, 5.74) is 0.392. The molecule has 1 saturated heterocycles. The lowest BCUT2D eigenvalue weighted by Crippen LogP contribution is -2.51. The smallest absolute Gasteiger partial charge is 0.338 e. The molecule has 0 aliphatic carbocycles. The van der Waals surface area contributed by atoms with Crippen molar-refractivity contribution in [1.82, 2.24) is 9.80 Å². The molecule has 7 heteroatoms. The van der Waals surface area contributed by atoms with E-state index < -0.39 is 5.97 Å². The Balaban J connectivity index is 1.81. The van der Waals surface area contributed by atoms with E-state index in [1.54, 1.807) is 34.1 Å². The normalized spacial score (nSPS) is 14.6. The molecule has 0 spiro atoms. The molecule has 0 atom stereocenters. The standard InChI is InChI=1S/C15H17BrN2O4/c1-11(19)17-5-7-18(8-6-17)14(20)10-22-15(21)12-3-2-4-13(16)9-12/h2-4,9H,5-8,10H2,1H3. The molecule has 0 N–H and O–H groups in total. The number of rotatable bonds is 3. The number of amides is 2. The zero-order valence-electron chi connectivity index (χ0n) is 12.3. The summed E-state index contributed by atoms with van der Waals surface area (Å²) in [5.74, 6) is -0.767. The summed E-state index contributed by atoms with van der Waals surface area (Å²) in [6, 6.07) is 6.79. The molecule has 0 unspecified atom stereocenters. The van der Waals surface area contributed by atoms with E-state index in [9.17, 15) is 14.4 Å². The summed E-state index contributed by atoms with van der Waals surface area (Å²) in [6.45, 7) is 3.18. The van der Waals surface area contributed by atoms with E-state index in [1.807, 2.05) is 0 Å². The van der Waals surface area contributed by atoms with Crippen LogP contribution in [0.3, 0.4) is 0 Å². The van der Waals surface area contributed by atoms with Crippen LogP contribution in [0.15, 0.2) is 28.7 Å². The lowest BCUT2D eigenvalue weighted by Gasteiger charge is -2.34. The Hall–Kier alpha value is -1.89. The third kappa shape index (κ3) is 4.30. The second-order valence-corrected chi connectivity index (χ2v) is 5.89. The van der Waals surface area contributed by atoms with E-state index in [2.05, 4.69) is 15.9 Å². The van der Waals surface area contributed by atoms with Crippen LogP contribution < -0.4 is 0 Å². The fraction of sp³-hybridized carbons (Fsp3) is 0.400. The van der Waals surface area contributed by atoms with Gasteiger partial charge in [0.1, 0.15) is 0 Å². The summed E-state index contributed by atoms with van der Waals surface area (Å²) < 4.78 is 5.81. The van der Waals surface area contributed by atoms with E-state index in [4.69, 9.17) is 4.74 Å². The van der Waals surface area contributed by atoms with Crippen molar-refractivity contribution in [3.05, 3.63) is 34.3 Å². The summed E-state index contributed by atoms with van der Waals surface area (Å²) in [7, 11) is 0. The Morgan fingerprint density at radius 3 is 2.36 bits per heavy atom. The van der Waals surface area contributed by atoms with Crippen LogP contribution in [0.4, 0.5) is 0 Å². The zero-order chi connectivity index (χ0) is 16.1. The van der Waals surface area contributed by atoms with Gasteiger partial charge >= 0.3 is 5.97 Å². The van der Waals surface area contributed by atoms with Gasteiger partial charge in [-0.15, -0.1) is 0 Å². The van der Waals surface area contributed by atoms with Crippen LogP contribution in [0.5, 0.6) is 0 Å². The zero-order valence-corrected chi connectivity index (χ0v) is 13.8. The number of nitrogens with zero attached hydrogens (tertiary/aromatic N) is 2. The maximum Gasteiger partial charge on any atom is 0.338 e. The van der Waals surface area contributed by atoms with Crippen LogP contribution >= 0.6 is 15.9 Å². The largest absolute Gasteiger partial charge is 0.452 e. The van der Waals surface area contributed by atoms with Crippen molar-refractivity contribution in [3.8, 4) is 0 Å². The Bertz CT molecular complexity index is 583. The van der Waals surface area contributed by atoms with Crippen molar-refractivity contribution in [3.63, 3.8) is 0 Å². The van der Waals surface area contributed by atoms with Crippen LogP contribution in [-0.2, 0) is 14.3 Å². The SMILES string of the molecule is CC(=O)N1CCN(C(=O)COC(=O)c2cccc(Br)c2)CC1. The average molecular weight is 369 g/mol. The second-order valence-electron chi connectivity index (χ2n) is 4.97. The number of piperazine rings is 1. The molecule has 2 rings (SSSR count). The number of halogens is 1. The van der Waals surface area contributed by atoms with Crippen molar-refractivity contribution in [2.24, 2.45) is 0 Å². The van der Waals surface area contributed by atoms with Crippen molar-refractivity contribution in [2.45, 2.75) is 6.92 Å². The van der Waals surface area contributed by atoms with Crippen molar-refractivity contribution in [2.75, 3.05) is 32.8 Å². The molecule has 1 heterocycles. The number of carbonyl (C=O) groups is 3. The molecule has 0 radical (unpaired) electrons. The van der Waals surface area contributed by atoms with E-state index in [1.165, 1.54) is 6.92 Å². The van der Waals surface area contributed by atoms with Gasteiger partial charge in [0.2, 0.25) is 5.91 Å². The molecule has 22 heavy (non-hydrogen) atoms. The first-order valence-corrected chi connectivity index (χ1v) is 7.72. The molecular weight excluding hydrogens is 352 g/mol. The molecule has 0 saturated carbocycles. The van der Waals surface area contributed by atoms with Gasteiger partial charge in [0, 0.05) is 37.6 Å². The van der Waals surface area contributed by atoms with Gasteiger partial charge in [0.25, 0.3) is 5.91 Å². The summed E-state index contributed by atoms with van der Waals surface area (Å²) in [6.07, 6.45) is 0. The van der Waals surface area contributed by atoms with E-state index in [-0.39, 0.29) is 18.4 Å². The van der Waals surface area contributed by atoms with Gasteiger partial charge in [-0.1, -0.05) is 22.0 Å². The van der Waals surface area contributed by atoms with Crippen LogP contribution in [-0.4, -0.2) is 60.4 Å². The highest BCUT2D eigenvalue weighted by Crippen LogP contribution is 2.12. The van der Waals surface area contributed by atoms with Crippen LogP contribution in [0.1, 0.15) is 17.3 Å². The van der Waals surface area contributed by atoms with Crippen LogP contribution in [0.2, 0.25) is 0 Å². The van der Waals surface area contributed by atoms with E-state index in [0.717, 1.165) is 4.47 Å². The summed E-state index contributed by atoms with van der Waals surface area (Å²) in [4.78, 5) is 38.4. The minimum absolute atomic E-state index is 0.00758. The maximum absolute atomic E-state index is 12.0. The fourth-order valence-electron chi connectivity index (χ4n) is 2.19. The Kier molecular flexibility index (Phi) is 5.54. The molecular formula is C15H17BrN2O4. The Morgan fingerprint density at radius 2 is 1.77 bits per heavy atom. The van der Waals surface area contributed by atoms with Crippen molar-refractivity contribution in [1.29, 1.82) is 0 Å². The third-order valence-corrected chi connectivity index (χ3v) is 3.96. The minimum atomic E-state index is -0.531. The molecule has 2 amide bonds. The number of carbonyl (C=O) groups excluding carboxylic acids is 3. The minimum Gasteiger partial charge on any atom is -0.452 e. The van der Waals surface area contributed by atoms with Gasteiger partial charge in [-0.25, -0.2) is 4.79 Å². The number of esters is 1. The molecule has 118 valence electrons. The van der Waals surface area contributed by atoms with Gasteiger partial charge in [0.05, 0.1) is 5.56 Å². The second kappa shape index (κ2) is 7.40. The molecule has 1 aliphatic heterocycles. The lowest BCUT2D eigenvalue weighted by molar-refractivity contribution is -0.140. The molecule has 6 nitrogen and oxygen atoms in total. The van der Waals surface area contributed by atoms with Gasteiger partial charge in [-0.2, -0.15) is 0 Å². The molecule has 0 aromatic heterocycles. The first-order valence-electron chi connectivity index (χ1n) is 6.93. The van der Waals surface area contributed by atoms with Crippen LogP contribution in [0.25, 0.3) is 0 Å². The molecule has 1 aliphatic rings. The van der Waals surface area contributed by atoms with Crippen molar-refractivity contribution < 1.29 is 19.1 Å². The first kappa shape index (κ1) is 16.5. The highest BCUT2D eigenvalue weighted by molar-refractivity contribution is 9.10. The van der Waals surface area contributed by atoms with E-state index in [0.29, 0.717) is 31.7 Å². The maximum atomic E-state index is 12.0. The lowest BCUT2D eigenvalue weighted by atomic mass is 10.2. The van der Waals surface area contributed by atoms with Gasteiger partial charge in [-0.3, -0.25) is 9.59 Å². The average Bonchev–Trinajstić information content (AvgIpc) is 2.52. The van der Waals surface area contributed by atoms with Gasteiger partial charge in [0.15, 0.2) is 6.61 Å². The molecule has 1 aromatic rings. The fourth-order valence-corrected chi connectivity index (χ4v) is 2.59. The number of hydrogen-bond donors (Lipinski definition) is 0. The van der Waals surface area contributed by atoms with Gasteiger partial charge < -0.3 is 14.5 Å². The Morgan fingerprint density at radius 1 is 1.14 bits per heavy atom. The monoisotopic (exact) mass is 368 g/mol. The van der Waals surface area contributed by atoms with Crippen LogP contribution in [0, 0.1) is 0 Å². The highest BCUT2D eigenvalue weighted by Gasteiger charge is 2.23. The predicted molar refractivity (Wildman–Crippen MR) is 83.3 cm³/mol. The quantitative estimate of drug-likeness (QED) is 0.754.